The summed E-state index contributed by atoms with van der Waals surface area (Å²) in [6, 6.07) is 17.1. The first kappa shape index (κ1) is 24.4. The van der Waals surface area contributed by atoms with Crippen molar-refractivity contribution in [3.63, 3.8) is 0 Å². The standard InChI is InChI=1S/C24H19ClN2O7/c1-14(23(29)26-22-12-9-19(27(31)32)13-21(22)25)33-24(30)18-5-3-16(4-6-18)17-7-10-20(11-8-17)34-15(2)28/h3-14H,1-2H3,(H,26,29). The van der Waals surface area contributed by atoms with Crippen LogP contribution in [0.1, 0.15) is 24.2 Å². The third-order valence-electron chi connectivity index (χ3n) is 4.64. The molecule has 1 unspecified atom stereocenters. The molecule has 0 spiro atoms. The van der Waals surface area contributed by atoms with Crippen molar-refractivity contribution in [1.29, 1.82) is 0 Å². The van der Waals surface area contributed by atoms with Gasteiger partial charge in [0.1, 0.15) is 5.75 Å². The van der Waals surface area contributed by atoms with E-state index in [2.05, 4.69) is 5.32 Å². The first-order chi connectivity index (χ1) is 16.1. The van der Waals surface area contributed by atoms with Crippen LogP contribution in [0.25, 0.3) is 11.1 Å². The van der Waals surface area contributed by atoms with Crippen molar-refractivity contribution in [3.8, 4) is 16.9 Å². The molecule has 0 aliphatic heterocycles. The van der Waals surface area contributed by atoms with Gasteiger partial charge in [-0.15, -0.1) is 0 Å². The third-order valence-corrected chi connectivity index (χ3v) is 4.96. The number of anilines is 1. The third kappa shape index (κ3) is 6.17. The number of nitro groups is 1. The van der Waals surface area contributed by atoms with Gasteiger partial charge in [-0.25, -0.2) is 4.79 Å². The highest BCUT2D eigenvalue weighted by atomic mass is 35.5. The summed E-state index contributed by atoms with van der Waals surface area (Å²) in [5.74, 6) is -1.32. The quantitative estimate of drug-likeness (QED) is 0.217. The molecule has 0 heterocycles. The van der Waals surface area contributed by atoms with E-state index in [0.29, 0.717) is 5.75 Å². The molecule has 0 bridgehead atoms. The van der Waals surface area contributed by atoms with E-state index in [1.165, 1.54) is 26.0 Å². The minimum Gasteiger partial charge on any atom is -0.449 e. The first-order valence-electron chi connectivity index (χ1n) is 9.98. The molecule has 1 N–H and O–H groups in total. The molecule has 3 aromatic carbocycles. The lowest BCUT2D eigenvalue weighted by Gasteiger charge is -2.14. The van der Waals surface area contributed by atoms with Crippen LogP contribution in [0.4, 0.5) is 11.4 Å². The fourth-order valence-corrected chi connectivity index (χ4v) is 3.14. The van der Waals surface area contributed by atoms with E-state index in [9.17, 15) is 24.5 Å². The zero-order valence-electron chi connectivity index (χ0n) is 18.1. The van der Waals surface area contributed by atoms with Crippen LogP contribution in [-0.4, -0.2) is 28.9 Å². The fourth-order valence-electron chi connectivity index (χ4n) is 2.92. The Morgan fingerprint density at radius 1 is 0.971 bits per heavy atom. The predicted octanol–water partition coefficient (Wildman–Crippen LogP) is 5.02. The van der Waals surface area contributed by atoms with Gasteiger partial charge < -0.3 is 14.8 Å². The average Bonchev–Trinajstić information content (AvgIpc) is 2.80. The van der Waals surface area contributed by atoms with E-state index in [1.54, 1.807) is 48.5 Å². The van der Waals surface area contributed by atoms with E-state index < -0.39 is 28.9 Å². The summed E-state index contributed by atoms with van der Waals surface area (Å²) in [6.45, 7) is 2.71. The molecular weight excluding hydrogens is 464 g/mol. The number of esters is 2. The smallest absolute Gasteiger partial charge is 0.338 e. The highest BCUT2D eigenvalue weighted by Crippen LogP contribution is 2.27. The lowest BCUT2D eigenvalue weighted by Crippen LogP contribution is -2.30. The summed E-state index contributed by atoms with van der Waals surface area (Å²) in [4.78, 5) is 46.0. The number of hydrogen-bond acceptors (Lipinski definition) is 7. The Morgan fingerprint density at radius 2 is 1.56 bits per heavy atom. The molecule has 9 nitrogen and oxygen atoms in total. The monoisotopic (exact) mass is 482 g/mol. The maximum Gasteiger partial charge on any atom is 0.338 e. The van der Waals surface area contributed by atoms with Gasteiger partial charge in [0.2, 0.25) is 0 Å². The molecule has 0 radical (unpaired) electrons. The molecule has 174 valence electrons. The Balaban J connectivity index is 1.61. The molecule has 0 saturated carbocycles. The van der Waals surface area contributed by atoms with Gasteiger partial charge in [-0.2, -0.15) is 0 Å². The van der Waals surface area contributed by atoms with Gasteiger partial charge in [-0.05, 0) is 48.4 Å². The van der Waals surface area contributed by atoms with Crippen LogP contribution in [0.15, 0.2) is 66.7 Å². The van der Waals surface area contributed by atoms with Crippen LogP contribution < -0.4 is 10.1 Å². The van der Waals surface area contributed by atoms with Crippen molar-refractivity contribution >= 4 is 40.8 Å². The van der Waals surface area contributed by atoms with Crippen molar-refractivity contribution in [1.82, 2.24) is 0 Å². The normalized spacial score (nSPS) is 11.3. The lowest BCUT2D eigenvalue weighted by atomic mass is 10.0. The van der Waals surface area contributed by atoms with E-state index in [-0.39, 0.29) is 22.0 Å². The minimum absolute atomic E-state index is 0.0162. The number of rotatable bonds is 7. The summed E-state index contributed by atoms with van der Waals surface area (Å²) >= 11 is 5.97. The highest BCUT2D eigenvalue weighted by molar-refractivity contribution is 6.34. The zero-order valence-corrected chi connectivity index (χ0v) is 18.9. The fraction of sp³-hybridized carbons (Fsp3) is 0.125. The van der Waals surface area contributed by atoms with Crippen molar-refractivity contribution < 1.29 is 28.8 Å². The lowest BCUT2D eigenvalue weighted by molar-refractivity contribution is -0.384. The first-order valence-corrected chi connectivity index (χ1v) is 10.4. The van der Waals surface area contributed by atoms with Gasteiger partial charge in [0.15, 0.2) is 6.10 Å². The topological polar surface area (TPSA) is 125 Å². The number of nitrogens with one attached hydrogen (secondary N) is 1. The molecule has 0 aliphatic carbocycles. The number of benzene rings is 3. The second-order valence-corrected chi connectivity index (χ2v) is 7.56. The van der Waals surface area contributed by atoms with Crippen LogP contribution in [-0.2, 0) is 14.3 Å². The maximum atomic E-state index is 12.4. The Morgan fingerprint density at radius 3 is 2.09 bits per heavy atom. The van der Waals surface area contributed by atoms with E-state index >= 15 is 0 Å². The maximum absolute atomic E-state index is 12.4. The number of non-ortho nitro benzene ring substituents is 1. The number of nitro benzene ring substituents is 1. The largest absolute Gasteiger partial charge is 0.449 e. The van der Waals surface area contributed by atoms with Gasteiger partial charge in [0.05, 0.1) is 21.2 Å². The second-order valence-electron chi connectivity index (χ2n) is 7.15. The number of hydrogen-bond donors (Lipinski definition) is 1. The molecule has 3 rings (SSSR count). The van der Waals surface area contributed by atoms with Crippen LogP contribution in [0.3, 0.4) is 0 Å². The molecular formula is C24H19ClN2O7. The highest BCUT2D eigenvalue weighted by Gasteiger charge is 2.20. The van der Waals surface area contributed by atoms with Gasteiger partial charge >= 0.3 is 11.9 Å². The van der Waals surface area contributed by atoms with Crippen molar-refractivity contribution in [2.24, 2.45) is 0 Å². The summed E-state index contributed by atoms with van der Waals surface area (Å²) in [7, 11) is 0. The molecule has 34 heavy (non-hydrogen) atoms. The molecule has 3 aromatic rings. The Kier molecular flexibility index (Phi) is 7.60. The van der Waals surface area contributed by atoms with Crippen molar-refractivity contribution in [2.75, 3.05) is 5.32 Å². The number of ether oxygens (including phenoxy) is 2. The Labute approximate surface area is 199 Å². The zero-order chi connectivity index (χ0) is 24.8. The average molecular weight is 483 g/mol. The SMILES string of the molecule is CC(=O)Oc1ccc(-c2ccc(C(=O)OC(C)C(=O)Nc3ccc([N+](=O)[O-])cc3Cl)cc2)cc1. The molecule has 0 saturated heterocycles. The summed E-state index contributed by atoms with van der Waals surface area (Å²) in [6.07, 6.45) is -1.15. The number of carbonyl (C=O) groups excluding carboxylic acids is 3. The van der Waals surface area contributed by atoms with Crippen LogP contribution >= 0.6 is 11.6 Å². The molecule has 1 atom stereocenters. The van der Waals surface area contributed by atoms with Crippen molar-refractivity contribution in [3.05, 3.63) is 87.4 Å². The van der Waals surface area contributed by atoms with Crippen LogP contribution in [0.2, 0.25) is 5.02 Å². The van der Waals surface area contributed by atoms with E-state index in [0.717, 1.165) is 17.2 Å². The van der Waals surface area contributed by atoms with Crippen molar-refractivity contribution in [2.45, 2.75) is 20.0 Å². The predicted molar refractivity (Wildman–Crippen MR) is 125 cm³/mol. The van der Waals surface area contributed by atoms with Gasteiger partial charge in [0.25, 0.3) is 11.6 Å². The Hall–Kier alpha value is -4.24. The Bertz CT molecular complexity index is 1240. The number of amides is 1. The summed E-state index contributed by atoms with van der Waals surface area (Å²) < 4.78 is 10.2. The van der Waals surface area contributed by atoms with Crippen LogP contribution in [0, 0.1) is 10.1 Å². The summed E-state index contributed by atoms with van der Waals surface area (Å²) in [5.41, 5.74) is 1.86. The number of nitrogens with zero attached hydrogens (tertiary/aromatic N) is 1. The van der Waals surface area contributed by atoms with Gasteiger partial charge in [-0.3, -0.25) is 19.7 Å². The minimum atomic E-state index is -1.15. The number of halogens is 1. The number of carbonyl (C=O) groups is 3. The molecule has 0 aromatic heterocycles. The molecule has 10 heteroatoms. The molecule has 1 amide bonds. The second kappa shape index (κ2) is 10.6. The molecule has 0 fully saturated rings. The van der Waals surface area contributed by atoms with Gasteiger partial charge in [0, 0.05) is 19.1 Å². The van der Waals surface area contributed by atoms with E-state index in [4.69, 9.17) is 21.1 Å². The summed E-state index contributed by atoms with van der Waals surface area (Å²) in [5, 5.41) is 13.2. The van der Waals surface area contributed by atoms with Crippen LogP contribution in [0.5, 0.6) is 5.75 Å². The molecule has 0 aliphatic rings. The van der Waals surface area contributed by atoms with E-state index in [1.807, 2.05) is 0 Å². The van der Waals surface area contributed by atoms with Gasteiger partial charge in [-0.1, -0.05) is 35.9 Å².